The molecule has 0 heterocycles. The SMILES string of the molecule is CC(C)N(CC#N)CC(=O)NCc1ccccc1. The predicted molar refractivity (Wildman–Crippen MR) is 70.6 cm³/mol. The van der Waals surface area contributed by atoms with E-state index >= 15 is 0 Å². The number of nitriles is 1. The van der Waals surface area contributed by atoms with E-state index < -0.39 is 0 Å². The van der Waals surface area contributed by atoms with E-state index in [4.69, 9.17) is 5.26 Å². The van der Waals surface area contributed by atoms with E-state index in [1.807, 2.05) is 49.1 Å². The molecule has 0 aliphatic carbocycles. The summed E-state index contributed by atoms with van der Waals surface area (Å²) in [6, 6.07) is 12.0. The number of hydrogen-bond acceptors (Lipinski definition) is 3. The summed E-state index contributed by atoms with van der Waals surface area (Å²) in [5.74, 6) is -0.0530. The average molecular weight is 245 g/mol. The molecule has 1 aromatic carbocycles. The molecule has 0 bridgehead atoms. The van der Waals surface area contributed by atoms with Gasteiger partial charge < -0.3 is 5.32 Å². The highest BCUT2D eigenvalue weighted by atomic mass is 16.2. The standard InChI is InChI=1S/C14H19N3O/c1-12(2)17(9-8-15)11-14(18)16-10-13-6-4-3-5-7-13/h3-7,12H,9-11H2,1-2H3,(H,16,18). The molecule has 0 saturated heterocycles. The fourth-order valence-electron chi connectivity index (χ4n) is 1.55. The maximum Gasteiger partial charge on any atom is 0.234 e. The Balaban J connectivity index is 2.39. The van der Waals surface area contributed by atoms with Gasteiger partial charge in [-0.1, -0.05) is 30.3 Å². The molecular weight excluding hydrogens is 226 g/mol. The van der Waals surface area contributed by atoms with E-state index in [0.29, 0.717) is 6.54 Å². The number of rotatable bonds is 6. The summed E-state index contributed by atoms with van der Waals surface area (Å²) in [6.07, 6.45) is 0. The number of nitrogens with zero attached hydrogens (tertiary/aromatic N) is 2. The Morgan fingerprint density at radius 3 is 2.61 bits per heavy atom. The third-order valence-electron chi connectivity index (χ3n) is 2.68. The van der Waals surface area contributed by atoms with Gasteiger partial charge in [0.15, 0.2) is 0 Å². The smallest absolute Gasteiger partial charge is 0.234 e. The summed E-state index contributed by atoms with van der Waals surface area (Å²) < 4.78 is 0. The molecule has 1 N–H and O–H groups in total. The van der Waals surface area contributed by atoms with Crippen molar-refractivity contribution < 1.29 is 4.79 Å². The minimum atomic E-state index is -0.0530. The first-order chi connectivity index (χ1) is 8.63. The minimum absolute atomic E-state index is 0.0530. The fraction of sp³-hybridized carbons (Fsp3) is 0.429. The molecule has 4 heteroatoms. The van der Waals surface area contributed by atoms with Gasteiger partial charge in [0.05, 0.1) is 19.2 Å². The van der Waals surface area contributed by atoms with E-state index in [0.717, 1.165) is 5.56 Å². The van der Waals surface area contributed by atoms with Crippen LogP contribution in [0.15, 0.2) is 30.3 Å². The van der Waals surface area contributed by atoms with Crippen LogP contribution in [0.2, 0.25) is 0 Å². The van der Waals surface area contributed by atoms with Gasteiger partial charge in [-0.15, -0.1) is 0 Å². The first-order valence-corrected chi connectivity index (χ1v) is 6.05. The van der Waals surface area contributed by atoms with Gasteiger partial charge in [-0.05, 0) is 19.4 Å². The van der Waals surface area contributed by atoms with Crippen molar-refractivity contribution in [2.45, 2.75) is 26.4 Å². The van der Waals surface area contributed by atoms with Crippen LogP contribution < -0.4 is 5.32 Å². The van der Waals surface area contributed by atoms with Gasteiger partial charge in [0.2, 0.25) is 5.91 Å². The molecule has 0 aliphatic heterocycles. The number of nitrogens with one attached hydrogen (secondary N) is 1. The lowest BCUT2D eigenvalue weighted by Crippen LogP contribution is -2.40. The lowest BCUT2D eigenvalue weighted by molar-refractivity contribution is -0.122. The normalized spacial score (nSPS) is 10.4. The van der Waals surface area contributed by atoms with Crippen LogP contribution in [-0.4, -0.2) is 29.9 Å². The zero-order valence-electron chi connectivity index (χ0n) is 10.9. The summed E-state index contributed by atoms with van der Waals surface area (Å²) in [5.41, 5.74) is 1.07. The summed E-state index contributed by atoms with van der Waals surface area (Å²) >= 11 is 0. The van der Waals surface area contributed by atoms with Crippen LogP contribution in [0.5, 0.6) is 0 Å². The second-order valence-corrected chi connectivity index (χ2v) is 4.42. The Morgan fingerprint density at radius 2 is 2.06 bits per heavy atom. The molecule has 0 spiro atoms. The van der Waals surface area contributed by atoms with Gasteiger partial charge in [0.25, 0.3) is 0 Å². The molecule has 0 aliphatic rings. The highest BCUT2D eigenvalue weighted by molar-refractivity contribution is 5.78. The Hall–Kier alpha value is -1.86. The highest BCUT2D eigenvalue weighted by Gasteiger charge is 2.13. The molecule has 0 atom stereocenters. The van der Waals surface area contributed by atoms with Crippen molar-refractivity contribution in [2.75, 3.05) is 13.1 Å². The molecule has 0 aromatic heterocycles. The van der Waals surface area contributed by atoms with Gasteiger partial charge in [0.1, 0.15) is 0 Å². The van der Waals surface area contributed by atoms with Crippen LogP contribution in [0.25, 0.3) is 0 Å². The number of carbonyl (C=O) groups excluding carboxylic acids is 1. The zero-order chi connectivity index (χ0) is 13.4. The number of carbonyl (C=O) groups is 1. The lowest BCUT2D eigenvalue weighted by Gasteiger charge is -2.22. The molecule has 0 fully saturated rings. The van der Waals surface area contributed by atoms with E-state index in [-0.39, 0.29) is 25.0 Å². The van der Waals surface area contributed by atoms with Crippen LogP contribution in [0.3, 0.4) is 0 Å². The molecule has 18 heavy (non-hydrogen) atoms. The molecule has 96 valence electrons. The average Bonchev–Trinajstić information content (AvgIpc) is 2.37. The maximum absolute atomic E-state index is 11.7. The largest absolute Gasteiger partial charge is 0.351 e. The molecule has 1 amide bonds. The molecular formula is C14H19N3O. The van der Waals surface area contributed by atoms with Crippen molar-refractivity contribution in [3.63, 3.8) is 0 Å². The van der Waals surface area contributed by atoms with Crippen molar-refractivity contribution >= 4 is 5.91 Å². The Morgan fingerprint density at radius 1 is 1.39 bits per heavy atom. The van der Waals surface area contributed by atoms with Gasteiger partial charge in [-0.2, -0.15) is 5.26 Å². The van der Waals surface area contributed by atoms with Gasteiger partial charge >= 0.3 is 0 Å². The number of amides is 1. The number of benzene rings is 1. The number of hydrogen-bond donors (Lipinski definition) is 1. The van der Waals surface area contributed by atoms with Crippen molar-refractivity contribution in [1.29, 1.82) is 5.26 Å². The molecule has 0 saturated carbocycles. The second kappa shape index (κ2) is 7.46. The van der Waals surface area contributed by atoms with Crippen molar-refractivity contribution in [2.24, 2.45) is 0 Å². The predicted octanol–water partition coefficient (Wildman–Crippen LogP) is 1.54. The third-order valence-corrected chi connectivity index (χ3v) is 2.68. The van der Waals surface area contributed by atoms with E-state index in [1.54, 1.807) is 0 Å². The topological polar surface area (TPSA) is 56.1 Å². The van der Waals surface area contributed by atoms with E-state index in [2.05, 4.69) is 11.4 Å². The van der Waals surface area contributed by atoms with E-state index in [1.165, 1.54) is 0 Å². The minimum Gasteiger partial charge on any atom is -0.351 e. The molecule has 4 nitrogen and oxygen atoms in total. The summed E-state index contributed by atoms with van der Waals surface area (Å²) in [4.78, 5) is 13.6. The van der Waals surface area contributed by atoms with Crippen molar-refractivity contribution in [3.05, 3.63) is 35.9 Å². The molecule has 1 aromatic rings. The van der Waals surface area contributed by atoms with Crippen LogP contribution >= 0.6 is 0 Å². The van der Waals surface area contributed by atoms with Crippen LogP contribution in [0.4, 0.5) is 0 Å². The first kappa shape index (κ1) is 14.2. The van der Waals surface area contributed by atoms with Gasteiger partial charge in [-0.3, -0.25) is 9.69 Å². The Kier molecular flexibility index (Phi) is 5.89. The second-order valence-electron chi connectivity index (χ2n) is 4.42. The van der Waals surface area contributed by atoms with Gasteiger partial charge in [0, 0.05) is 12.6 Å². The summed E-state index contributed by atoms with van der Waals surface area (Å²) in [7, 11) is 0. The molecule has 0 radical (unpaired) electrons. The summed E-state index contributed by atoms with van der Waals surface area (Å²) in [5, 5.41) is 11.5. The van der Waals surface area contributed by atoms with Crippen LogP contribution in [0.1, 0.15) is 19.4 Å². The van der Waals surface area contributed by atoms with Gasteiger partial charge in [-0.25, -0.2) is 0 Å². The monoisotopic (exact) mass is 245 g/mol. The highest BCUT2D eigenvalue weighted by Crippen LogP contribution is 1.99. The molecule has 0 unspecified atom stereocenters. The fourth-order valence-corrected chi connectivity index (χ4v) is 1.55. The Labute approximate surface area is 108 Å². The Bertz CT molecular complexity index is 409. The van der Waals surface area contributed by atoms with Crippen LogP contribution in [0, 0.1) is 11.3 Å². The van der Waals surface area contributed by atoms with E-state index in [9.17, 15) is 4.79 Å². The first-order valence-electron chi connectivity index (χ1n) is 6.05. The molecule has 1 rings (SSSR count). The maximum atomic E-state index is 11.7. The third kappa shape index (κ3) is 4.98. The zero-order valence-corrected chi connectivity index (χ0v) is 10.9. The van der Waals surface area contributed by atoms with Crippen LogP contribution in [-0.2, 0) is 11.3 Å². The lowest BCUT2D eigenvalue weighted by atomic mass is 10.2. The summed E-state index contributed by atoms with van der Waals surface area (Å²) in [6.45, 7) is 5.01. The van der Waals surface area contributed by atoms with Crippen molar-refractivity contribution in [1.82, 2.24) is 10.2 Å². The van der Waals surface area contributed by atoms with Crippen molar-refractivity contribution in [3.8, 4) is 6.07 Å². The quantitative estimate of drug-likeness (QED) is 0.773.